The molecule has 0 aromatic heterocycles. The van der Waals surface area contributed by atoms with E-state index in [0.717, 1.165) is 5.56 Å². The van der Waals surface area contributed by atoms with Gasteiger partial charge in [0, 0.05) is 12.5 Å². The number of benzene rings is 1. The van der Waals surface area contributed by atoms with Crippen molar-refractivity contribution in [3.8, 4) is 5.75 Å². The molecule has 5 heteroatoms. The molecule has 0 radical (unpaired) electrons. The molecule has 0 spiro atoms. The molecule has 0 unspecified atom stereocenters. The number of aliphatic hydroxyl groups is 1. The van der Waals surface area contributed by atoms with Crippen LogP contribution in [0.2, 0.25) is 0 Å². The van der Waals surface area contributed by atoms with E-state index in [2.05, 4.69) is 0 Å². The Morgan fingerprint density at radius 3 is 2.71 bits per heavy atom. The maximum absolute atomic E-state index is 10.9. The third-order valence-corrected chi connectivity index (χ3v) is 3.07. The number of nitrogens with zero attached hydrogens (tertiary/aromatic N) is 1. The first-order valence-corrected chi connectivity index (χ1v) is 5.46. The summed E-state index contributed by atoms with van der Waals surface area (Å²) in [6, 6.07) is 3.16. The van der Waals surface area contributed by atoms with Gasteiger partial charge in [-0.1, -0.05) is 0 Å². The second kappa shape index (κ2) is 3.70. The second-order valence-corrected chi connectivity index (χ2v) is 4.93. The number of nitro benzene ring substituents is 1. The molecule has 0 fully saturated rings. The van der Waals surface area contributed by atoms with Gasteiger partial charge in [-0.3, -0.25) is 10.1 Å². The highest BCUT2D eigenvalue weighted by molar-refractivity contribution is 5.56. The second-order valence-electron chi connectivity index (χ2n) is 4.93. The predicted molar refractivity (Wildman–Crippen MR) is 62.3 cm³/mol. The zero-order valence-corrected chi connectivity index (χ0v) is 10.1. The molecule has 1 aromatic carbocycles. The summed E-state index contributed by atoms with van der Waals surface area (Å²) >= 11 is 0. The Kier molecular flexibility index (Phi) is 2.58. The van der Waals surface area contributed by atoms with Gasteiger partial charge in [-0.05, 0) is 32.4 Å². The van der Waals surface area contributed by atoms with Gasteiger partial charge in [-0.15, -0.1) is 0 Å². The average molecular weight is 237 g/mol. The van der Waals surface area contributed by atoms with Crippen molar-refractivity contribution in [1.82, 2.24) is 0 Å². The number of rotatable bonds is 2. The number of ether oxygens (including phenoxy) is 1. The van der Waals surface area contributed by atoms with Crippen molar-refractivity contribution in [3.63, 3.8) is 0 Å². The van der Waals surface area contributed by atoms with Crippen molar-refractivity contribution in [2.24, 2.45) is 0 Å². The number of hydrogen-bond donors (Lipinski definition) is 1. The molecule has 92 valence electrons. The van der Waals surface area contributed by atoms with Gasteiger partial charge in [0.1, 0.15) is 11.9 Å². The van der Waals surface area contributed by atoms with Crippen LogP contribution in [0.25, 0.3) is 0 Å². The summed E-state index contributed by atoms with van der Waals surface area (Å²) in [4.78, 5) is 10.5. The first-order chi connectivity index (χ1) is 7.80. The van der Waals surface area contributed by atoms with E-state index in [1.54, 1.807) is 19.9 Å². The van der Waals surface area contributed by atoms with Crippen LogP contribution < -0.4 is 4.74 Å². The zero-order chi connectivity index (χ0) is 12.8. The lowest BCUT2D eigenvalue weighted by Gasteiger charge is -2.24. The largest absolute Gasteiger partial charge is 0.486 e. The molecule has 5 nitrogen and oxygen atoms in total. The minimum absolute atomic E-state index is 0.0670. The van der Waals surface area contributed by atoms with Crippen LogP contribution >= 0.6 is 0 Å². The van der Waals surface area contributed by atoms with Gasteiger partial charge < -0.3 is 9.84 Å². The van der Waals surface area contributed by atoms with Crippen LogP contribution in [-0.4, -0.2) is 21.7 Å². The summed E-state index contributed by atoms with van der Waals surface area (Å²) < 4.78 is 5.64. The highest BCUT2D eigenvalue weighted by atomic mass is 16.6. The molecule has 1 aromatic rings. The molecule has 1 N–H and O–H groups in total. The topological polar surface area (TPSA) is 72.6 Å². The molecule has 17 heavy (non-hydrogen) atoms. The number of hydrogen-bond acceptors (Lipinski definition) is 4. The van der Waals surface area contributed by atoms with Crippen LogP contribution in [0.15, 0.2) is 12.1 Å². The molecule has 0 saturated heterocycles. The summed E-state index contributed by atoms with van der Waals surface area (Å²) in [5.41, 5.74) is 0.496. The monoisotopic (exact) mass is 237 g/mol. The fourth-order valence-corrected chi connectivity index (χ4v) is 2.03. The van der Waals surface area contributed by atoms with Gasteiger partial charge in [0.25, 0.3) is 5.69 Å². The van der Waals surface area contributed by atoms with E-state index >= 15 is 0 Å². The van der Waals surface area contributed by atoms with Gasteiger partial charge >= 0.3 is 0 Å². The molecule has 1 aliphatic heterocycles. The molecule has 0 bridgehead atoms. The van der Waals surface area contributed by atoms with Crippen molar-refractivity contribution in [2.45, 2.75) is 38.9 Å². The Morgan fingerprint density at radius 1 is 1.53 bits per heavy atom. The fourth-order valence-electron chi connectivity index (χ4n) is 2.03. The zero-order valence-electron chi connectivity index (χ0n) is 10.1. The summed E-state index contributed by atoms with van der Waals surface area (Å²) in [5.74, 6) is 0.548. The molecule has 0 aliphatic carbocycles. The van der Waals surface area contributed by atoms with Crippen molar-refractivity contribution < 1.29 is 14.8 Å². The first-order valence-electron chi connectivity index (χ1n) is 5.46. The van der Waals surface area contributed by atoms with Crippen molar-refractivity contribution in [2.75, 3.05) is 0 Å². The Balaban J connectivity index is 2.46. The number of fused-ring (bicyclic) bond motifs is 1. The van der Waals surface area contributed by atoms with Crippen LogP contribution in [0.4, 0.5) is 5.69 Å². The minimum Gasteiger partial charge on any atom is -0.486 e. The fraction of sp³-hybridized carbons (Fsp3) is 0.500. The molecular weight excluding hydrogens is 222 g/mol. The van der Waals surface area contributed by atoms with E-state index in [0.29, 0.717) is 17.7 Å². The minimum atomic E-state index is -1.01. The van der Waals surface area contributed by atoms with Crippen LogP contribution in [0.1, 0.15) is 25.0 Å². The van der Waals surface area contributed by atoms with E-state index in [9.17, 15) is 15.2 Å². The Bertz CT molecular complexity index is 476. The average Bonchev–Trinajstić information content (AvgIpc) is 2.62. The lowest BCUT2D eigenvalue weighted by atomic mass is 9.96. The van der Waals surface area contributed by atoms with E-state index in [1.165, 1.54) is 6.07 Å². The SMILES string of the molecule is Cc1ccc([N+](=O)[O-])c2c1O[C@@H](C(C)(C)O)C2. The van der Waals surface area contributed by atoms with Crippen LogP contribution in [-0.2, 0) is 6.42 Å². The highest BCUT2D eigenvalue weighted by Gasteiger charge is 2.39. The van der Waals surface area contributed by atoms with Crippen LogP contribution in [0.3, 0.4) is 0 Å². The Labute approximate surface area is 99.2 Å². The maximum Gasteiger partial charge on any atom is 0.276 e. The van der Waals surface area contributed by atoms with E-state index < -0.39 is 16.6 Å². The molecule has 2 rings (SSSR count). The maximum atomic E-state index is 10.9. The third-order valence-electron chi connectivity index (χ3n) is 3.07. The first kappa shape index (κ1) is 11.9. The van der Waals surface area contributed by atoms with Gasteiger partial charge in [0.2, 0.25) is 0 Å². The van der Waals surface area contributed by atoms with E-state index in [1.807, 2.05) is 6.92 Å². The summed E-state index contributed by atoms with van der Waals surface area (Å²) in [6.45, 7) is 5.13. The number of aryl methyl sites for hydroxylation is 1. The van der Waals surface area contributed by atoms with Crippen molar-refractivity contribution >= 4 is 5.69 Å². The lowest BCUT2D eigenvalue weighted by molar-refractivity contribution is -0.385. The van der Waals surface area contributed by atoms with Gasteiger partial charge in [0.05, 0.1) is 16.1 Å². The van der Waals surface area contributed by atoms with Gasteiger partial charge in [-0.25, -0.2) is 0 Å². The van der Waals surface area contributed by atoms with Crippen LogP contribution in [0.5, 0.6) is 5.75 Å². The Hall–Kier alpha value is -1.62. The van der Waals surface area contributed by atoms with Gasteiger partial charge in [0.15, 0.2) is 0 Å². The smallest absolute Gasteiger partial charge is 0.276 e. The van der Waals surface area contributed by atoms with Crippen LogP contribution in [0, 0.1) is 17.0 Å². The lowest BCUT2D eigenvalue weighted by Crippen LogP contribution is -2.39. The van der Waals surface area contributed by atoms with E-state index in [4.69, 9.17) is 4.74 Å². The third kappa shape index (κ3) is 1.98. The molecule has 1 atom stereocenters. The molecular formula is C12H15NO4. The quantitative estimate of drug-likeness (QED) is 0.630. The summed E-state index contributed by atoms with van der Waals surface area (Å²) in [5, 5.41) is 20.8. The van der Waals surface area contributed by atoms with Crippen molar-refractivity contribution in [1.29, 1.82) is 0 Å². The summed E-state index contributed by atoms with van der Waals surface area (Å²) in [6.07, 6.45) is -0.0612. The van der Waals surface area contributed by atoms with Crippen molar-refractivity contribution in [3.05, 3.63) is 33.4 Å². The standard InChI is InChI=1S/C12H15NO4/c1-7-4-5-9(13(15)16)8-6-10(12(2,3)14)17-11(7)8/h4-5,10,14H,6H2,1-3H3/t10-/m1/s1. The van der Waals surface area contributed by atoms with E-state index in [-0.39, 0.29) is 5.69 Å². The molecule has 1 heterocycles. The normalized spacial score (nSPS) is 18.7. The van der Waals surface area contributed by atoms with Gasteiger partial charge in [-0.2, -0.15) is 0 Å². The number of nitro groups is 1. The molecule has 0 amide bonds. The predicted octanol–water partition coefficient (Wildman–Crippen LogP) is 1.98. The highest BCUT2D eigenvalue weighted by Crippen LogP contribution is 2.40. The summed E-state index contributed by atoms with van der Waals surface area (Å²) in [7, 11) is 0. The molecule has 0 saturated carbocycles. The Morgan fingerprint density at radius 2 is 2.18 bits per heavy atom. The molecule has 1 aliphatic rings.